The molecule has 0 unspecified atom stereocenters. The zero-order valence-electron chi connectivity index (χ0n) is 12.8. The summed E-state index contributed by atoms with van der Waals surface area (Å²) in [5.41, 5.74) is 0.743. The van der Waals surface area contributed by atoms with Crippen LogP contribution in [-0.2, 0) is 10.0 Å². The number of para-hydroxylation sites is 1. The number of Topliss-reactive ketones (excluding diaryl/α,β-unsaturated/α-hetero) is 1. The molecule has 0 fully saturated rings. The molecule has 0 bridgehead atoms. The van der Waals surface area contributed by atoms with E-state index in [0.717, 1.165) is 5.39 Å². The minimum absolute atomic E-state index is 0.164. The van der Waals surface area contributed by atoms with Crippen molar-refractivity contribution < 1.29 is 13.2 Å². The number of carbonyl (C=O) groups excluding carboxylic acids is 1. The van der Waals surface area contributed by atoms with Crippen LogP contribution in [0.25, 0.3) is 10.9 Å². The third-order valence-corrected chi connectivity index (χ3v) is 5.45. The van der Waals surface area contributed by atoms with Crippen LogP contribution in [0.1, 0.15) is 30.3 Å². The number of ketones is 1. The van der Waals surface area contributed by atoms with Crippen LogP contribution < -0.4 is 0 Å². The van der Waals surface area contributed by atoms with Crippen molar-refractivity contribution >= 4 is 26.7 Å². The number of aromatic nitrogens is 1. The molecule has 3 rings (SSSR count). The zero-order valence-corrected chi connectivity index (χ0v) is 13.6. The van der Waals surface area contributed by atoms with Crippen molar-refractivity contribution in [1.29, 1.82) is 0 Å². The second kappa shape index (κ2) is 6.01. The molecule has 4 nitrogen and oxygen atoms in total. The summed E-state index contributed by atoms with van der Waals surface area (Å²) >= 11 is 0. The third-order valence-electron chi connectivity index (χ3n) is 3.71. The quantitative estimate of drug-likeness (QED) is 0.669. The summed E-state index contributed by atoms with van der Waals surface area (Å²) in [6.45, 7) is 1.90. The lowest BCUT2D eigenvalue weighted by Gasteiger charge is -2.11. The van der Waals surface area contributed by atoms with Crippen LogP contribution in [0, 0.1) is 0 Å². The van der Waals surface area contributed by atoms with Gasteiger partial charge in [-0.05, 0) is 30.7 Å². The van der Waals surface area contributed by atoms with E-state index in [1.165, 1.54) is 16.1 Å². The maximum absolute atomic E-state index is 13.0. The molecule has 0 N–H and O–H groups in total. The Morgan fingerprint density at radius 1 is 1.00 bits per heavy atom. The van der Waals surface area contributed by atoms with Crippen molar-refractivity contribution in [2.24, 2.45) is 0 Å². The van der Waals surface area contributed by atoms with Gasteiger partial charge in [-0.3, -0.25) is 4.79 Å². The molecule has 0 aliphatic rings. The van der Waals surface area contributed by atoms with Gasteiger partial charge in [-0.2, -0.15) is 0 Å². The molecule has 0 spiro atoms. The highest BCUT2D eigenvalue weighted by atomic mass is 32.2. The first-order chi connectivity index (χ1) is 11.1. The van der Waals surface area contributed by atoms with Gasteiger partial charge in [-0.1, -0.05) is 43.3 Å². The molecule has 2 aromatic carbocycles. The largest absolute Gasteiger partial charge is 0.292 e. The van der Waals surface area contributed by atoms with E-state index < -0.39 is 10.0 Å². The highest BCUT2D eigenvalue weighted by Gasteiger charge is 2.25. The third kappa shape index (κ3) is 2.68. The monoisotopic (exact) mass is 327 g/mol. The molecule has 23 heavy (non-hydrogen) atoms. The Labute approximate surface area is 135 Å². The Balaban J connectivity index is 2.31. The molecular weight excluding hydrogens is 310 g/mol. The Morgan fingerprint density at radius 2 is 1.65 bits per heavy atom. The van der Waals surface area contributed by atoms with Gasteiger partial charge in [0.05, 0.1) is 10.4 Å². The molecule has 0 amide bonds. The molecule has 1 aromatic heterocycles. The van der Waals surface area contributed by atoms with E-state index in [-0.39, 0.29) is 16.4 Å². The highest BCUT2D eigenvalue weighted by Crippen LogP contribution is 2.26. The predicted molar refractivity (Wildman–Crippen MR) is 90.2 cm³/mol. The number of fused-ring (bicyclic) bond motifs is 1. The number of hydrogen-bond donors (Lipinski definition) is 0. The van der Waals surface area contributed by atoms with Crippen LogP contribution in [-0.4, -0.2) is 18.2 Å². The number of carbonyl (C=O) groups is 1. The van der Waals surface area contributed by atoms with Crippen LogP contribution in [0.15, 0.2) is 65.6 Å². The van der Waals surface area contributed by atoms with Crippen LogP contribution in [0.4, 0.5) is 0 Å². The lowest BCUT2D eigenvalue weighted by Crippen LogP contribution is -2.18. The standard InChI is InChI=1S/C18H17NO3S/c1-2-8-18(20)17-13-14-9-6-7-12-16(14)19(17)23(21,22)15-10-4-3-5-11-15/h3-7,9-13H,2,8H2,1H3. The van der Waals surface area contributed by atoms with E-state index in [9.17, 15) is 13.2 Å². The molecule has 0 aliphatic carbocycles. The van der Waals surface area contributed by atoms with Crippen LogP contribution in [0.3, 0.4) is 0 Å². The Bertz CT molecular complexity index is 956. The minimum Gasteiger partial charge on any atom is -0.292 e. The van der Waals surface area contributed by atoms with Crippen molar-refractivity contribution in [3.8, 4) is 0 Å². The van der Waals surface area contributed by atoms with Crippen molar-refractivity contribution in [3.63, 3.8) is 0 Å². The van der Waals surface area contributed by atoms with Crippen molar-refractivity contribution in [3.05, 3.63) is 66.4 Å². The first kappa shape index (κ1) is 15.5. The van der Waals surface area contributed by atoms with Gasteiger partial charge in [0, 0.05) is 11.8 Å². The normalized spacial score (nSPS) is 11.7. The summed E-state index contributed by atoms with van der Waals surface area (Å²) in [5.74, 6) is -0.164. The molecule has 5 heteroatoms. The summed E-state index contributed by atoms with van der Waals surface area (Å²) in [6.07, 6.45) is 0.992. The predicted octanol–water partition coefficient (Wildman–Crippen LogP) is 3.86. The first-order valence-electron chi connectivity index (χ1n) is 7.50. The molecule has 0 saturated carbocycles. The molecule has 0 atom stereocenters. The van der Waals surface area contributed by atoms with Crippen LogP contribution in [0.5, 0.6) is 0 Å². The van der Waals surface area contributed by atoms with Gasteiger partial charge in [0.25, 0.3) is 10.0 Å². The second-order valence-electron chi connectivity index (χ2n) is 5.34. The van der Waals surface area contributed by atoms with E-state index >= 15 is 0 Å². The Hall–Kier alpha value is -2.40. The molecule has 0 saturated heterocycles. The molecule has 0 radical (unpaired) electrons. The second-order valence-corrected chi connectivity index (χ2v) is 7.13. The molecule has 3 aromatic rings. The van der Waals surface area contributed by atoms with Crippen LogP contribution in [0.2, 0.25) is 0 Å². The maximum atomic E-state index is 13.0. The lowest BCUT2D eigenvalue weighted by atomic mass is 10.2. The topological polar surface area (TPSA) is 56.1 Å². The van der Waals surface area contributed by atoms with Crippen LogP contribution >= 0.6 is 0 Å². The van der Waals surface area contributed by atoms with Gasteiger partial charge >= 0.3 is 0 Å². The molecule has 0 aliphatic heterocycles. The van der Waals surface area contributed by atoms with Crippen molar-refractivity contribution in [1.82, 2.24) is 3.97 Å². The van der Waals surface area contributed by atoms with E-state index in [0.29, 0.717) is 18.4 Å². The summed E-state index contributed by atoms with van der Waals surface area (Å²) in [6, 6.07) is 17.0. The molecular formula is C18H17NO3S. The smallest absolute Gasteiger partial charge is 0.268 e. The van der Waals surface area contributed by atoms with Gasteiger partial charge < -0.3 is 0 Å². The van der Waals surface area contributed by atoms with Gasteiger partial charge in [0.1, 0.15) is 5.69 Å². The van der Waals surface area contributed by atoms with E-state index in [1.54, 1.807) is 36.4 Å². The average molecular weight is 327 g/mol. The first-order valence-corrected chi connectivity index (χ1v) is 8.94. The number of hydrogen-bond acceptors (Lipinski definition) is 3. The van der Waals surface area contributed by atoms with Gasteiger partial charge in [0.2, 0.25) is 0 Å². The average Bonchev–Trinajstić information content (AvgIpc) is 2.96. The zero-order chi connectivity index (χ0) is 16.4. The number of rotatable bonds is 5. The Morgan fingerprint density at radius 3 is 2.35 bits per heavy atom. The van der Waals surface area contributed by atoms with E-state index in [2.05, 4.69) is 0 Å². The van der Waals surface area contributed by atoms with E-state index in [4.69, 9.17) is 0 Å². The van der Waals surface area contributed by atoms with Gasteiger partial charge in [-0.15, -0.1) is 0 Å². The fourth-order valence-corrected chi connectivity index (χ4v) is 4.19. The summed E-state index contributed by atoms with van der Waals surface area (Å²) in [5, 5.41) is 0.742. The minimum atomic E-state index is -3.82. The van der Waals surface area contributed by atoms with Gasteiger partial charge in [0.15, 0.2) is 5.78 Å². The Kier molecular flexibility index (Phi) is 4.05. The fourth-order valence-electron chi connectivity index (χ4n) is 2.64. The van der Waals surface area contributed by atoms with Crippen molar-refractivity contribution in [2.75, 3.05) is 0 Å². The summed E-state index contributed by atoms with van der Waals surface area (Å²) < 4.78 is 27.3. The lowest BCUT2D eigenvalue weighted by molar-refractivity contribution is 0.0976. The number of benzene rings is 2. The number of nitrogens with zero attached hydrogens (tertiary/aromatic N) is 1. The molecule has 1 heterocycles. The maximum Gasteiger partial charge on any atom is 0.268 e. The highest BCUT2D eigenvalue weighted by molar-refractivity contribution is 7.90. The van der Waals surface area contributed by atoms with Crippen molar-refractivity contribution in [2.45, 2.75) is 24.7 Å². The SMILES string of the molecule is CCCC(=O)c1cc2ccccc2n1S(=O)(=O)c1ccccc1. The van der Waals surface area contributed by atoms with E-state index in [1.807, 2.05) is 19.1 Å². The van der Waals surface area contributed by atoms with Gasteiger partial charge in [-0.25, -0.2) is 12.4 Å². The fraction of sp³-hybridized carbons (Fsp3) is 0.167. The summed E-state index contributed by atoms with van der Waals surface area (Å²) in [4.78, 5) is 12.6. The summed E-state index contributed by atoms with van der Waals surface area (Å²) in [7, 11) is -3.82. The molecule has 118 valence electrons.